The van der Waals surface area contributed by atoms with Crippen molar-refractivity contribution < 1.29 is 4.79 Å². The predicted octanol–water partition coefficient (Wildman–Crippen LogP) is 1.92. The Labute approximate surface area is 114 Å². The molecule has 0 radical (unpaired) electrons. The zero-order valence-electron chi connectivity index (χ0n) is 10.2. The Bertz CT molecular complexity index is 370. The molecular weight excluding hydrogens is 261 g/mol. The minimum atomic E-state index is -0.0336. The van der Waals surface area contributed by atoms with Crippen LogP contribution < -0.4 is 11.1 Å². The number of amides is 1. The second-order valence-corrected chi connectivity index (χ2v) is 3.86. The molecule has 0 saturated carbocycles. The molecule has 98 valence electrons. The molecule has 1 aromatic carbocycles. The van der Waals surface area contributed by atoms with Crippen molar-refractivity contribution in [2.24, 2.45) is 0 Å². The Morgan fingerprint density at radius 2 is 1.94 bits per heavy atom. The van der Waals surface area contributed by atoms with E-state index >= 15 is 0 Å². The van der Waals surface area contributed by atoms with Crippen LogP contribution in [0.4, 0.5) is 11.4 Å². The quantitative estimate of drug-likeness (QED) is 0.832. The van der Waals surface area contributed by atoms with Crippen molar-refractivity contribution in [1.82, 2.24) is 4.90 Å². The first-order chi connectivity index (χ1) is 6.99. The number of hydrogen-bond donors (Lipinski definition) is 2. The Hall–Kier alpha value is -0.970. The number of nitrogens with one attached hydrogen (secondary N) is 1. The lowest BCUT2D eigenvalue weighted by molar-refractivity contribution is -0.116. The number of aryl methyl sites for hydroxylation is 1. The Morgan fingerprint density at radius 3 is 2.47 bits per heavy atom. The summed E-state index contributed by atoms with van der Waals surface area (Å²) in [6.45, 7) is 2.30. The fraction of sp³-hybridized carbons (Fsp3) is 0.364. The summed E-state index contributed by atoms with van der Waals surface area (Å²) >= 11 is 0. The van der Waals surface area contributed by atoms with E-state index in [0.29, 0.717) is 12.2 Å². The van der Waals surface area contributed by atoms with Gasteiger partial charge in [-0.15, -0.1) is 24.8 Å². The molecule has 0 aliphatic carbocycles. The number of nitrogen functional groups attached to an aromatic ring is 1. The van der Waals surface area contributed by atoms with Gasteiger partial charge in [-0.25, -0.2) is 0 Å². The monoisotopic (exact) mass is 279 g/mol. The standard InChI is InChI=1S/C11H17N3O.2ClH/c1-8-4-5-9(12)6-10(8)13-11(15)7-14(2)3;;/h4-6H,7,12H2,1-3H3,(H,13,15);2*1H. The van der Waals surface area contributed by atoms with Gasteiger partial charge in [-0.05, 0) is 38.7 Å². The summed E-state index contributed by atoms with van der Waals surface area (Å²) in [4.78, 5) is 13.3. The van der Waals surface area contributed by atoms with E-state index in [9.17, 15) is 4.79 Å². The molecule has 1 rings (SSSR count). The largest absolute Gasteiger partial charge is 0.399 e. The maximum atomic E-state index is 11.5. The molecule has 0 fully saturated rings. The number of nitrogens with two attached hydrogens (primary N) is 1. The van der Waals surface area contributed by atoms with Crippen LogP contribution >= 0.6 is 24.8 Å². The minimum Gasteiger partial charge on any atom is -0.399 e. The summed E-state index contributed by atoms with van der Waals surface area (Å²) < 4.78 is 0. The minimum absolute atomic E-state index is 0. The molecule has 0 unspecified atom stereocenters. The van der Waals surface area contributed by atoms with Crippen molar-refractivity contribution in [3.8, 4) is 0 Å². The van der Waals surface area contributed by atoms with Crippen LogP contribution in [0.1, 0.15) is 5.56 Å². The number of benzene rings is 1. The number of carbonyl (C=O) groups excluding carboxylic acids is 1. The van der Waals surface area contributed by atoms with Gasteiger partial charge in [-0.2, -0.15) is 0 Å². The SMILES string of the molecule is Cc1ccc(N)cc1NC(=O)CN(C)C.Cl.Cl. The third kappa shape index (κ3) is 6.36. The second kappa shape index (κ2) is 8.17. The van der Waals surface area contributed by atoms with Gasteiger partial charge in [0.05, 0.1) is 6.54 Å². The van der Waals surface area contributed by atoms with Crippen LogP contribution in [-0.2, 0) is 4.79 Å². The molecule has 4 nitrogen and oxygen atoms in total. The summed E-state index contributed by atoms with van der Waals surface area (Å²) in [7, 11) is 3.71. The number of halogens is 2. The van der Waals surface area contributed by atoms with Crippen LogP contribution in [0.3, 0.4) is 0 Å². The summed E-state index contributed by atoms with van der Waals surface area (Å²) in [5.41, 5.74) is 8.09. The molecular formula is C11H19Cl2N3O. The highest BCUT2D eigenvalue weighted by molar-refractivity contribution is 5.93. The highest BCUT2D eigenvalue weighted by atomic mass is 35.5. The summed E-state index contributed by atoms with van der Waals surface area (Å²) in [6.07, 6.45) is 0. The molecule has 0 atom stereocenters. The summed E-state index contributed by atoms with van der Waals surface area (Å²) in [6, 6.07) is 5.47. The lowest BCUT2D eigenvalue weighted by Gasteiger charge is -2.12. The van der Waals surface area contributed by atoms with Gasteiger partial charge in [0.25, 0.3) is 0 Å². The normalized spacial score (nSPS) is 9.18. The van der Waals surface area contributed by atoms with Crippen LogP contribution in [0.15, 0.2) is 18.2 Å². The van der Waals surface area contributed by atoms with E-state index in [4.69, 9.17) is 5.73 Å². The van der Waals surface area contributed by atoms with Gasteiger partial charge in [0.2, 0.25) is 5.91 Å². The summed E-state index contributed by atoms with van der Waals surface area (Å²) in [5, 5.41) is 2.82. The highest BCUT2D eigenvalue weighted by Crippen LogP contribution is 2.17. The zero-order valence-corrected chi connectivity index (χ0v) is 11.8. The molecule has 3 N–H and O–H groups in total. The number of anilines is 2. The van der Waals surface area contributed by atoms with Crippen molar-refractivity contribution in [3.05, 3.63) is 23.8 Å². The van der Waals surface area contributed by atoms with E-state index < -0.39 is 0 Å². The Morgan fingerprint density at radius 1 is 1.35 bits per heavy atom. The molecule has 0 heterocycles. The van der Waals surface area contributed by atoms with Crippen molar-refractivity contribution in [2.45, 2.75) is 6.92 Å². The first kappa shape index (κ1) is 18.4. The lowest BCUT2D eigenvalue weighted by atomic mass is 10.2. The Balaban J connectivity index is 0. The molecule has 17 heavy (non-hydrogen) atoms. The lowest BCUT2D eigenvalue weighted by Crippen LogP contribution is -2.27. The Kier molecular flexibility index (Phi) is 8.84. The zero-order chi connectivity index (χ0) is 11.4. The molecule has 0 aliphatic rings. The van der Waals surface area contributed by atoms with Crippen LogP contribution in [0.25, 0.3) is 0 Å². The molecule has 0 bridgehead atoms. The van der Waals surface area contributed by atoms with E-state index in [1.165, 1.54) is 0 Å². The number of nitrogens with zero attached hydrogens (tertiary/aromatic N) is 1. The summed E-state index contributed by atoms with van der Waals surface area (Å²) in [5.74, 6) is -0.0336. The van der Waals surface area contributed by atoms with Crippen molar-refractivity contribution >= 4 is 42.1 Å². The molecule has 6 heteroatoms. The van der Waals surface area contributed by atoms with Crippen molar-refractivity contribution in [1.29, 1.82) is 0 Å². The molecule has 1 amide bonds. The first-order valence-electron chi connectivity index (χ1n) is 4.80. The maximum Gasteiger partial charge on any atom is 0.238 e. The number of hydrogen-bond acceptors (Lipinski definition) is 3. The van der Waals surface area contributed by atoms with Gasteiger partial charge >= 0.3 is 0 Å². The van der Waals surface area contributed by atoms with Gasteiger partial charge in [-0.3, -0.25) is 4.79 Å². The van der Waals surface area contributed by atoms with Crippen LogP contribution in [0.5, 0.6) is 0 Å². The molecule has 0 aromatic heterocycles. The molecule has 0 spiro atoms. The third-order valence-electron chi connectivity index (χ3n) is 2.00. The molecule has 0 aliphatic heterocycles. The fourth-order valence-corrected chi connectivity index (χ4v) is 1.25. The van der Waals surface area contributed by atoms with Gasteiger partial charge in [0, 0.05) is 11.4 Å². The molecule has 1 aromatic rings. The van der Waals surface area contributed by atoms with E-state index in [-0.39, 0.29) is 30.7 Å². The van der Waals surface area contributed by atoms with Gasteiger partial charge in [0.1, 0.15) is 0 Å². The maximum absolute atomic E-state index is 11.5. The van der Waals surface area contributed by atoms with Crippen molar-refractivity contribution in [3.63, 3.8) is 0 Å². The van der Waals surface area contributed by atoms with Gasteiger partial charge < -0.3 is 16.0 Å². The number of likely N-dealkylation sites (N-methyl/N-ethyl adjacent to an activating group) is 1. The average Bonchev–Trinajstić information content (AvgIpc) is 2.10. The van der Waals surface area contributed by atoms with E-state index in [0.717, 1.165) is 11.3 Å². The molecule has 0 saturated heterocycles. The second-order valence-electron chi connectivity index (χ2n) is 3.86. The van der Waals surface area contributed by atoms with Crippen LogP contribution in [-0.4, -0.2) is 31.4 Å². The number of carbonyl (C=O) groups is 1. The van der Waals surface area contributed by atoms with Gasteiger partial charge in [-0.1, -0.05) is 6.07 Å². The van der Waals surface area contributed by atoms with E-state index in [1.807, 2.05) is 38.1 Å². The first-order valence-corrected chi connectivity index (χ1v) is 4.80. The van der Waals surface area contributed by atoms with Gasteiger partial charge in [0.15, 0.2) is 0 Å². The fourth-order valence-electron chi connectivity index (χ4n) is 1.25. The smallest absolute Gasteiger partial charge is 0.238 e. The average molecular weight is 280 g/mol. The third-order valence-corrected chi connectivity index (χ3v) is 2.00. The van der Waals surface area contributed by atoms with E-state index in [2.05, 4.69) is 5.32 Å². The van der Waals surface area contributed by atoms with Crippen LogP contribution in [0, 0.1) is 6.92 Å². The van der Waals surface area contributed by atoms with E-state index in [1.54, 1.807) is 6.07 Å². The predicted molar refractivity (Wildman–Crippen MR) is 77.3 cm³/mol. The topological polar surface area (TPSA) is 58.4 Å². The van der Waals surface area contributed by atoms with Crippen molar-refractivity contribution in [2.75, 3.05) is 31.7 Å². The number of rotatable bonds is 3. The highest BCUT2D eigenvalue weighted by Gasteiger charge is 2.05. The van der Waals surface area contributed by atoms with Crippen LogP contribution in [0.2, 0.25) is 0 Å².